The number of aryl methyl sites for hydroxylation is 2. The van der Waals surface area contributed by atoms with Gasteiger partial charge in [-0.15, -0.1) is 0 Å². The molecule has 2 heterocycles. The number of benzene rings is 2. The molecule has 1 N–H and O–H groups in total. The Morgan fingerprint density at radius 3 is 2.67 bits per heavy atom. The molecule has 3 amide bonds. The first-order chi connectivity index (χ1) is 15.9. The normalized spacial score (nSPS) is 14.6. The van der Waals surface area contributed by atoms with Crippen molar-refractivity contribution in [3.63, 3.8) is 0 Å². The summed E-state index contributed by atoms with van der Waals surface area (Å²) in [4.78, 5) is 38.6. The monoisotopic (exact) mass is 457 g/mol. The Kier molecular flexibility index (Phi) is 6.16. The lowest BCUT2D eigenvalue weighted by Crippen LogP contribution is -2.36. The summed E-state index contributed by atoms with van der Waals surface area (Å²) in [5, 5.41) is 11.5. The predicted molar refractivity (Wildman–Crippen MR) is 126 cm³/mol. The molecule has 1 aliphatic heterocycles. The van der Waals surface area contributed by atoms with Gasteiger partial charge in [0.2, 0.25) is 5.91 Å². The Labute approximate surface area is 194 Å². The minimum absolute atomic E-state index is 0.161. The molecule has 1 saturated heterocycles. The molecule has 0 unspecified atom stereocenters. The van der Waals surface area contributed by atoms with Gasteiger partial charge in [0, 0.05) is 17.3 Å². The van der Waals surface area contributed by atoms with Crippen LogP contribution in [-0.4, -0.2) is 28.5 Å². The second-order valence-electron chi connectivity index (χ2n) is 7.47. The largest absolute Gasteiger partial charge is 0.457 e. The summed E-state index contributed by atoms with van der Waals surface area (Å²) >= 11 is 0.748. The number of anilines is 1. The summed E-state index contributed by atoms with van der Waals surface area (Å²) in [5.74, 6) is -0.181. The molecule has 7 nitrogen and oxygen atoms in total. The van der Waals surface area contributed by atoms with Gasteiger partial charge in [0.25, 0.3) is 11.1 Å². The number of imide groups is 1. The molecule has 0 bridgehead atoms. The number of hydrogen-bond acceptors (Lipinski definition) is 6. The smallest absolute Gasteiger partial charge is 0.294 e. The molecule has 1 aromatic heterocycles. The molecule has 3 aromatic rings. The van der Waals surface area contributed by atoms with Crippen LogP contribution >= 0.6 is 11.8 Å². The van der Waals surface area contributed by atoms with E-state index in [2.05, 4.69) is 11.4 Å². The number of amides is 3. The summed E-state index contributed by atoms with van der Waals surface area (Å²) in [5.41, 5.74) is 3.83. The third-order valence-corrected chi connectivity index (χ3v) is 6.09. The van der Waals surface area contributed by atoms with Crippen LogP contribution in [0.4, 0.5) is 10.5 Å². The number of carbonyl (C=O) groups is 3. The van der Waals surface area contributed by atoms with Crippen molar-refractivity contribution < 1.29 is 18.8 Å². The molecule has 33 heavy (non-hydrogen) atoms. The van der Waals surface area contributed by atoms with Gasteiger partial charge in [-0.25, -0.2) is 0 Å². The fourth-order valence-corrected chi connectivity index (χ4v) is 4.12. The highest BCUT2D eigenvalue weighted by atomic mass is 32.2. The van der Waals surface area contributed by atoms with Crippen molar-refractivity contribution in [2.45, 2.75) is 13.8 Å². The minimum Gasteiger partial charge on any atom is -0.457 e. The highest BCUT2D eigenvalue weighted by Gasteiger charge is 2.36. The van der Waals surface area contributed by atoms with Crippen molar-refractivity contribution in [3.05, 3.63) is 82.0 Å². The Bertz CT molecular complexity index is 1350. The lowest BCUT2D eigenvalue weighted by molar-refractivity contribution is -0.127. The average molecular weight is 458 g/mol. The molecule has 0 aliphatic carbocycles. The molecule has 2 aromatic carbocycles. The van der Waals surface area contributed by atoms with E-state index in [4.69, 9.17) is 4.42 Å². The standard InChI is InChI=1S/C25H19N3O4S/c1-15-7-8-18(11-16(15)2)27-23(29)14-28-24(30)22(33-25(28)31)12-19-9-10-21(32-19)20-6-4-3-5-17(20)13-26/h3-12H,14H2,1-2H3,(H,27,29)/b22-12+. The molecule has 4 rings (SSSR count). The van der Waals surface area contributed by atoms with Gasteiger partial charge in [0.15, 0.2) is 0 Å². The molecule has 0 saturated carbocycles. The summed E-state index contributed by atoms with van der Waals surface area (Å²) in [7, 11) is 0. The Morgan fingerprint density at radius 1 is 1.12 bits per heavy atom. The van der Waals surface area contributed by atoms with E-state index >= 15 is 0 Å². The molecular weight excluding hydrogens is 438 g/mol. The molecular formula is C25H19N3O4S. The summed E-state index contributed by atoms with van der Waals surface area (Å²) in [6, 6.07) is 18.0. The predicted octanol–water partition coefficient (Wildman–Crippen LogP) is 5.11. The molecule has 164 valence electrons. The summed E-state index contributed by atoms with van der Waals surface area (Å²) < 4.78 is 5.77. The van der Waals surface area contributed by atoms with Gasteiger partial charge < -0.3 is 9.73 Å². The molecule has 0 atom stereocenters. The third-order valence-electron chi connectivity index (χ3n) is 5.18. The first-order valence-electron chi connectivity index (χ1n) is 10.1. The highest BCUT2D eigenvalue weighted by Crippen LogP contribution is 2.33. The van der Waals surface area contributed by atoms with E-state index in [0.717, 1.165) is 27.8 Å². The zero-order valence-corrected chi connectivity index (χ0v) is 18.7. The van der Waals surface area contributed by atoms with E-state index in [9.17, 15) is 19.6 Å². The van der Waals surface area contributed by atoms with Crippen LogP contribution in [0.3, 0.4) is 0 Å². The maximum absolute atomic E-state index is 12.7. The van der Waals surface area contributed by atoms with Gasteiger partial charge in [-0.1, -0.05) is 18.2 Å². The maximum atomic E-state index is 12.7. The minimum atomic E-state index is -0.560. The van der Waals surface area contributed by atoms with Crippen LogP contribution in [0, 0.1) is 25.2 Å². The van der Waals surface area contributed by atoms with Crippen molar-refractivity contribution in [1.29, 1.82) is 5.26 Å². The quantitative estimate of drug-likeness (QED) is 0.534. The first kappa shape index (κ1) is 22.1. The topological polar surface area (TPSA) is 103 Å². The number of nitriles is 1. The summed E-state index contributed by atoms with van der Waals surface area (Å²) in [6.45, 7) is 3.52. The van der Waals surface area contributed by atoms with Gasteiger partial charge in [-0.05, 0) is 73.1 Å². The molecule has 1 fully saturated rings. The lowest BCUT2D eigenvalue weighted by atomic mass is 10.1. The highest BCUT2D eigenvalue weighted by molar-refractivity contribution is 8.18. The fraction of sp³-hybridized carbons (Fsp3) is 0.120. The number of thioether (sulfide) groups is 1. The van der Waals surface area contributed by atoms with E-state index in [1.807, 2.05) is 26.0 Å². The average Bonchev–Trinajstić information content (AvgIpc) is 3.36. The Balaban J connectivity index is 1.47. The number of hydrogen-bond donors (Lipinski definition) is 1. The van der Waals surface area contributed by atoms with E-state index < -0.39 is 17.1 Å². The van der Waals surface area contributed by atoms with Crippen molar-refractivity contribution in [3.8, 4) is 17.4 Å². The number of nitrogens with zero attached hydrogens (tertiary/aromatic N) is 2. The second kappa shape index (κ2) is 9.18. The maximum Gasteiger partial charge on any atom is 0.294 e. The third kappa shape index (κ3) is 4.73. The van der Waals surface area contributed by atoms with Crippen LogP contribution in [0.5, 0.6) is 0 Å². The van der Waals surface area contributed by atoms with Gasteiger partial charge >= 0.3 is 0 Å². The SMILES string of the molecule is Cc1ccc(NC(=O)CN2C(=O)S/C(=C/c3ccc(-c4ccccc4C#N)o3)C2=O)cc1C. The van der Waals surface area contributed by atoms with Gasteiger partial charge in [0.05, 0.1) is 16.5 Å². The van der Waals surface area contributed by atoms with Crippen LogP contribution < -0.4 is 5.32 Å². The van der Waals surface area contributed by atoms with E-state index in [1.54, 1.807) is 42.5 Å². The van der Waals surface area contributed by atoms with Gasteiger partial charge in [-0.2, -0.15) is 5.26 Å². The van der Waals surface area contributed by atoms with Gasteiger partial charge in [-0.3, -0.25) is 19.3 Å². The van der Waals surface area contributed by atoms with Crippen LogP contribution in [0.25, 0.3) is 17.4 Å². The van der Waals surface area contributed by atoms with Crippen molar-refractivity contribution in [1.82, 2.24) is 4.90 Å². The zero-order chi connectivity index (χ0) is 23.5. The first-order valence-corrected chi connectivity index (χ1v) is 10.9. The van der Waals surface area contributed by atoms with Crippen LogP contribution in [-0.2, 0) is 9.59 Å². The number of rotatable bonds is 5. The lowest BCUT2D eigenvalue weighted by Gasteiger charge is -2.13. The fourth-order valence-electron chi connectivity index (χ4n) is 3.30. The zero-order valence-electron chi connectivity index (χ0n) is 17.9. The van der Waals surface area contributed by atoms with Crippen LogP contribution in [0.2, 0.25) is 0 Å². The Hall–Kier alpha value is -4.09. The number of furan rings is 1. The Morgan fingerprint density at radius 2 is 1.91 bits per heavy atom. The van der Waals surface area contributed by atoms with Crippen molar-refractivity contribution >= 4 is 40.6 Å². The molecule has 0 radical (unpaired) electrons. The second-order valence-corrected chi connectivity index (χ2v) is 8.47. The van der Waals surface area contributed by atoms with Crippen LogP contribution in [0.15, 0.2) is 63.9 Å². The van der Waals surface area contributed by atoms with E-state index in [0.29, 0.717) is 28.3 Å². The van der Waals surface area contributed by atoms with E-state index in [1.165, 1.54) is 6.08 Å². The molecule has 8 heteroatoms. The van der Waals surface area contributed by atoms with Crippen molar-refractivity contribution in [2.24, 2.45) is 0 Å². The van der Waals surface area contributed by atoms with Crippen molar-refractivity contribution in [2.75, 3.05) is 11.9 Å². The molecule has 1 aliphatic rings. The van der Waals surface area contributed by atoms with Crippen LogP contribution in [0.1, 0.15) is 22.5 Å². The summed E-state index contributed by atoms with van der Waals surface area (Å²) in [6.07, 6.45) is 1.46. The number of nitrogens with one attached hydrogen (secondary N) is 1. The number of carbonyl (C=O) groups excluding carboxylic acids is 3. The van der Waals surface area contributed by atoms with E-state index in [-0.39, 0.29) is 11.4 Å². The molecule has 0 spiro atoms. The van der Waals surface area contributed by atoms with Gasteiger partial charge in [0.1, 0.15) is 18.1 Å².